The topological polar surface area (TPSA) is 112 Å². The summed E-state index contributed by atoms with van der Waals surface area (Å²) >= 11 is 0. The van der Waals surface area contributed by atoms with Gasteiger partial charge in [0, 0.05) is 48.7 Å². The van der Waals surface area contributed by atoms with Crippen molar-refractivity contribution in [1.29, 1.82) is 0 Å². The van der Waals surface area contributed by atoms with Gasteiger partial charge in [0.2, 0.25) is 11.9 Å². The molecule has 1 amide bonds. The van der Waals surface area contributed by atoms with E-state index in [0.29, 0.717) is 24.9 Å². The highest BCUT2D eigenvalue weighted by molar-refractivity contribution is 5.90. The Kier molecular flexibility index (Phi) is 7.97. The predicted octanol–water partition coefficient (Wildman–Crippen LogP) is 5.36. The van der Waals surface area contributed by atoms with Crippen LogP contribution < -0.4 is 15.4 Å². The van der Waals surface area contributed by atoms with E-state index < -0.39 is 0 Å². The van der Waals surface area contributed by atoms with Crippen molar-refractivity contribution in [3.63, 3.8) is 0 Å². The lowest BCUT2D eigenvalue weighted by atomic mass is 9.94. The zero-order valence-electron chi connectivity index (χ0n) is 24.9. The van der Waals surface area contributed by atoms with Crippen LogP contribution >= 0.6 is 0 Å². The Morgan fingerprint density at radius 2 is 1.95 bits per heavy atom. The molecule has 4 aromatic rings. The van der Waals surface area contributed by atoms with Gasteiger partial charge in [0.05, 0.1) is 6.20 Å². The second-order valence-corrected chi connectivity index (χ2v) is 11.7. The number of aromatic nitrogens is 5. The number of benzene rings is 1. The molecule has 0 spiro atoms. The average Bonchev–Trinajstić information content (AvgIpc) is 3.62. The molecule has 3 aromatic heterocycles. The number of anilines is 2. The molecule has 1 aromatic carbocycles. The molecule has 10 nitrogen and oxygen atoms in total. The van der Waals surface area contributed by atoms with E-state index in [1.54, 1.807) is 4.52 Å². The summed E-state index contributed by atoms with van der Waals surface area (Å²) in [5.74, 6) is 1.23. The first kappa shape index (κ1) is 28.0. The molecule has 1 aliphatic carbocycles. The van der Waals surface area contributed by atoms with Gasteiger partial charge < -0.3 is 25.3 Å². The van der Waals surface area contributed by atoms with E-state index in [2.05, 4.69) is 64.7 Å². The molecule has 0 bridgehead atoms. The van der Waals surface area contributed by atoms with E-state index in [0.717, 1.165) is 60.5 Å². The summed E-state index contributed by atoms with van der Waals surface area (Å²) in [5, 5.41) is 11.1. The van der Waals surface area contributed by atoms with Crippen molar-refractivity contribution < 1.29 is 9.53 Å². The number of carbonyl (C=O) groups is 1. The number of nitrogens with zero attached hydrogens (tertiary/aromatic N) is 5. The fourth-order valence-electron chi connectivity index (χ4n) is 5.60. The smallest absolute Gasteiger partial charge is 0.322 e. The minimum atomic E-state index is 0.0134. The molecule has 1 saturated heterocycles. The lowest BCUT2D eigenvalue weighted by Crippen LogP contribution is -2.36. The van der Waals surface area contributed by atoms with Crippen LogP contribution in [0.2, 0.25) is 0 Å². The van der Waals surface area contributed by atoms with Crippen molar-refractivity contribution in [3.8, 4) is 17.3 Å². The van der Waals surface area contributed by atoms with Gasteiger partial charge >= 0.3 is 6.01 Å². The maximum atomic E-state index is 11.7. The SMILES string of the molecule is CCC(=O)Nc1ccc(-c2cc3c([nH]2)CC(CNc2nc(OC4CCN(C)CC4)nc4c(C(C)C)cnn24)C=C3)cc1. The third kappa shape index (κ3) is 6.04. The van der Waals surface area contributed by atoms with Gasteiger partial charge in [-0.3, -0.25) is 4.79 Å². The van der Waals surface area contributed by atoms with Crippen LogP contribution in [0.5, 0.6) is 6.01 Å². The standard InChI is InChI=1S/C32H40N8O2/c1-5-29(41)35-24-10-8-22(9-11-24)28-17-23-7-6-21(16-27(23)36-28)18-33-31-38-32(42-25-12-14-39(4)15-13-25)37-30-26(20(2)3)19-34-40(30)31/h6-11,17,19-21,25,36H,5,12-16,18H2,1-4H3,(H,35,41)(H,33,37,38). The molecule has 1 unspecified atom stereocenters. The largest absolute Gasteiger partial charge is 0.460 e. The van der Waals surface area contributed by atoms with Gasteiger partial charge in [-0.05, 0) is 67.5 Å². The number of hydrogen-bond donors (Lipinski definition) is 3. The number of ether oxygens (including phenoxy) is 1. The van der Waals surface area contributed by atoms with Gasteiger partial charge in [0.25, 0.3) is 0 Å². The van der Waals surface area contributed by atoms with E-state index in [9.17, 15) is 4.79 Å². The third-order valence-electron chi connectivity index (χ3n) is 8.21. The predicted molar refractivity (Wildman–Crippen MR) is 166 cm³/mol. The zero-order chi connectivity index (χ0) is 29.2. The second-order valence-electron chi connectivity index (χ2n) is 11.7. The van der Waals surface area contributed by atoms with Gasteiger partial charge in [-0.15, -0.1) is 0 Å². The molecule has 10 heteroatoms. The van der Waals surface area contributed by atoms with Crippen molar-refractivity contribution in [1.82, 2.24) is 29.5 Å². The van der Waals surface area contributed by atoms with E-state index in [4.69, 9.17) is 14.7 Å². The Morgan fingerprint density at radius 3 is 2.69 bits per heavy atom. The van der Waals surface area contributed by atoms with E-state index in [1.807, 2.05) is 37.4 Å². The van der Waals surface area contributed by atoms with Crippen LogP contribution in [0.25, 0.3) is 23.0 Å². The highest BCUT2D eigenvalue weighted by atomic mass is 16.5. The lowest BCUT2D eigenvalue weighted by molar-refractivity contribution is -0.115. The summed E-state index contributed by atoms with van der Waals surface area (Å²) in [6.07, 6.45) is 9.74. The second kappa shape index (κ2) is 12.0. The Morgan fingerprint density at radius 1 is 1.17 bits per heavy atom. The van der Waals surface area contributed by atoms with Crippen molar-refractivity contribution in [3.05, 3.63) is 59.4 Å². The maximum Gasteiger partial charge on any atom is 0.322 e. The number of fused-ring (bicyclic) bond motifs is 2. The van der Waals surface area contributed by atoms with Crippen LogP contribution in [0.1, 0.15) is 62.8 Å². The number of H-pyrrole nitrogens is 1. The molecule has 1 fully saturated rings. The van der Waals surface area contributed by atoms with Gasteiger partial charge in [-0.2, -0.15) is 19.6 Å². The van der Waals surface area contributed by atoms with Crippen LogP contribution in [0.4, 0.5) is 11.6 Å². The summed E-state index contributed by atoms with van der Waals surface area (Å²) in [6, 6.07) is 10.6. The fraction of sp³-hybridized carbons (Fsp3) is 0.438. The van der Waals surface area contributed by atoms with Crippen molar-refractivity contribution in [2.45, 2.75) is 58.5 Å². The summed E-state index contributed by atoms with van der Waals surface area (Å²) < 4.78 is 8.10. The zero-order valence-corrected chi connectivity index (χ0v) is 24.9. The minimum absolute atomic E-state index is 0.0134. The van der Waals surface area contributed by atoms with Crippen LogP contribution in [-0.2, 0) is 11.2 Å². The Hall–Kier alpha value is -4.18. The normalized spacial score (nSPS) is 17.5. The van der Waals surface area contributed by atoms with Crippen LogP contribution in [0.3, 0.4) is 0 Å². The van der Waals surface area contributed by atoms with Gasteiger partial charge in [0.15, 0.2) is 5.65 Å². The summed E-state index contributed by atoms with van der Waals surface area (Å²) in [7, 11) is 2.14. The van der Waals surface area contributed by atoms with Crippen molar-refractivity contribution in [2.24, 2.45) is 5.92 Å². The summed E-state index contributed by atoms with van der Waals surface area (Å²) in [5.41, 5.74) is 7.25. The van der Waals surface area contributed by atoms with Crippen LogP contribution in [-0.4, -0.2) is 68.2 Å². The number of hydrogen-bond acceptors (Lipinski definition) is 7. The number of amides is 1. The number of likely N-dealkylation sites (tertiary alicyclic amines) is 1. The average molecular weight is 569 g/mol. The maximum absolute atomic E-state index is 11.7. The van der Waals surface area contributed by atoms with Gasteiger partial charge in [0.1, 0.15) is 6.10 Å². The Labute approximate surface area is 246 Å². The summed E-state index contributed by atoms with van der Waals surface area (Å²) in [6.45, 7) is 8.88. The Balaban J connectivity index is 1.15. The van der Waals surface area contributed by atoms with Crippen LogP contribution in [0.15, 0.2) is 42.6 Å². The number of piperidine rings is 1. The van der Waals surface area contributed by atoms with Gasteiger partial charge in [-0.1, -0.05) is 45.1 Å². The first-order chi connectivity index (χ1) is 20.4. The van der Waals surface area contributed by atoms with Crippen molar-refractivity contribution >= 4 is 29.3 Å². The van der Waals surface area contributed by atoms with Gasteiger partial charge in [-0.25, -0.2) is 0 Å². The lowest BCUT2D eigenvalue weighted by Gasteiger charge is -2.28. The first-order valence-corrected chi connectivity index (χ1v) is 15.0. The van der Waals surface area contributed by atoms with Crippen LogP contribution in [0, 0.1) is 5.92 Å². The fourth-order valence-corrected chi connectivity index (χ4v) is 5.60. The number of aromatic amines is 1. The molecule has 4 heterocycles. The highest BCUT2D eigenvalue weighted by Gasteiger charge is 2.23. The Bertz CT molecular complexity index is 1580. The highest BCUT2D eigenvalue weighted by Crippen LogP contribution is 2.30. The molecule has 1 aliphatic heterocycles. The molecule has 42 heavy (non-hydrogen) atoms. The number of rotatable bonds is 9. The molecule has 2 aliphatic rings. The molecular weight excluding hydrogens is 528 g/mol. The quantitative estimate of drug-likeness (QED) is 0.249. The molecular formula is C32H40N8O2. The van der Waals surface area contributed by atoms with Crippen molar-refractivity contribution in [2.75, 3.05) is 37.3 Å². The van der Waals surface area contributed by atoms with E-state index >= 15 is 0 Å². The minimum Gasteiger partial charge on any atom is -0.460 e. The molecule has 3 N–H and O–H groups in total. The third-order valence-corrected chi connectivity index (χ3v) is 8.21. The van der Waals surface area contributed by atoms with E-state index in [1.165, 1.54) is 11.3 Å². The molecule has 0 radical (unpaired) electrons. The first-order valence-electron chi connectivity index (χ1n) is 15.0. The molecule has 0 saturated carbocycles. The summed E-state index contributed by atoms with van der Waals surface area (Å²) in [4.78, 5) is 27.2. The molecule has 6 rings (SSSR count). The monoisotopic (exact) mass is 568 g/mol. The number of carbonyl (C=O) groups excluding carboxylic acids is 1. The van der Waals surface area contributed by atoms with E-state index in [-0.39, 0.29) is 23.8 Å². The molecule has 220 valence electrons. The number of nitrogens with one attached hydrogen (secondary N) is 3. The molecule has 1 atom stereocenters.